The van der Waals surface area contributed by atoms with Crippen LogP contribution < -0.4 is 5.32 Å². The Morgan fingerprint density at radius 1 is 1.77 bits per heavy atom. The Labute approximate surface area is 83.4 Å². The Bertz CT molecular complexity index is 177. The summed E-state index contributed by atoms with van der Waals surface area (Å²) in [6.07, 6.45) is 0.774. The van der Waals surface area contributed by atoms with Crippen molar-refractivity contribution < 1.29 is 14.3 Å². The largest absolute Gasteiger partial charge is 0.379 e. The van der Waals surface area contributed by atoms with Gasteiger partial charge in [-0.2, -0.15) is 12.6 Å². The van der Waals surface area contributed by atoms with Gasteiger partial charge in [-0.15, -0.1) is 0 Å². The van der Waals surface area contributed by atoms with Crippen LogP contribution >= 0.6 is 12.6 Å². The summed E-state index contributed by atoms with van der Waals surface area (Å²) in [5.41, 5.74) is 0. The minimum atomic E-state index is -0.0581. The second kappa shape index (κ2) is 5.47. The highest BCUT2D eigenvalue weighted by molar-refractivity contribution is 7.81. The molecule has 1 saturated heterocycles. The number of carbonyl (C=O) groups is 1. The second-order valence-corrected chi connectivity index (χ2v) is 3.29. The van der Waals surface area contributed by atoms with Crippen molar-refractivity contribution in [3.63, 3.8) is 0 Å². The van der Waals surface area contributed by atoms with Gasteiger partial charge in [-0.3, -0.25) is 4.79 Å². The molecule has 0 spiro atoms. The Kier molecular flexibility index (Phi) is 4.55. The molecule has 1 heterocycles. The van der Waals surface area contributed by atoms with E-state index < -0.39 is 0 Å². The number of rotatable bonds is 3. The molecule has 1 N–H and O–H groups in total. The summed E-state index contributed by atoms with van der Waals surface area (Å²) in [5.74, 6) is 0.158. The minimum absolute atomic E-state index is 0.0300. The van der Waals surface area contributed by atoms with E-state index in [4.69, 9.17) is 9.47 Å². The van der Waals surface area contributed by atoms with Crippen LogP contribution in [-0.2, 0) is 14.3 Å². The van der Waals surface area contributed by atoms with Crippen molar-refractivity contribution in [1.29, 1.82) is 0 Å². The van der Waals surface area contributed by atoms with Gasteiger partial charge in [0.2, 0.25) is 5.91 Å². The number of methoxy groups -OCH3 is 1. The lowest BCUT2D eigenvalue weighted by atomic mass is 10.1. The predicted octanol–water partition coefficient (Wildman–Crippen LogP) is -0.164. The van der Waals surface area contributed by atoms with Gasteiger partial charge in [0.05, 0.1) is 18.4 Å². The molecule has 0 aromatic carbocycles. The summed E-state index contributed by atoms with van der Waals surface area (Å²) >= 11 is 3.89. The monoisotopic (exact) mass is 205 g/mol. The highest BCUT2D eigenvalue weighted by atomic mass is 32.1. The predicted molar refractivity (Wildman–Crippen MR) is 52.0 cm³/mol. The van der Waals surface area contributed by atoms with E-state index in [1.807, 2.05) is 0 Å². The number of amides is 1. The number of carbonyl (C=O) groups excluding carboxylic acids is 1. The van der Waals surface area contributed by atoms with Crippen molar-refractivity contribution >= 4 is 18.5 Å². The van der Waals surface area contributed by atoms with E-state index in [1.165, 1.54) is 0 Å². The van der Waals surface area contributed by atoms with Gasteiger partial charge >= 0.3 is 0 Å². The summed E-state index contributed by atoms with van der Waals surface area (Å²) in [4.78, 5) is 11.1. The highest BCUT2D eigenvalue weighted by Gasteiger charge is 2.26. The first kappa shape index (κ1) is 10.8. The third-order valence-electron chi connectivity index (χ3n) is 2.10. The molecule has 0 bridgehead atoms. The zero-order valence-electron chi connectivity index (χ0n) is 7.66. The summed E-state index contributed by atoms with van der Waals surface area (Å²) in [6.45, 7) is 1.23. The van der Waals surface area contributed by atoms with E-state index in [-0.39, 0.29) is 23.8 Å². The van der Waals surface area contributed by atoms with E-state index >= 15 is 0 Å². The first-order chi connectivity index (χ1) is 6.27. The second-order valence-electron chi connectivity index (χ2n) is 2.97. The molecule has 0 aliphatic carbocycles. The normalized spacial score (nSPS) is 28.5. The Morgan fingerprint density at radius 2 is 2.54 bits per heavy atom. The highest BCUT2D eigenvalue weighted by Crippen LogP contribution is 2.10. The summed E-state index contributed by atoms with van der Waals surface area (Å²) in [7, 11) is 1.62. The van der Waals surface area contributed by atoms with Crippen LogP contribution in [0.2, 0.25) is 0 Å². The zero-order chi connectivity index (χ0) is 9.68. The van der Waals surface area contributed by atoms with Crippen LogP contribution in [0.5, 0.6) is 0 Å². The van der Waals surface area contributed by atoms with Crippen molar-refractivity contribution in [2.75, 3.05) is 26.1 Å². The molecular formula is C8H15NO3S. The first-order valence-electron chi connectivity index (χ1n) is 4.28. The van der Waals surface area contributed by atoms with Gasteiger partial charge in [0.15, 0.2) is 0 Å². The molecule has 0 saturated carbocycles. The molecule has 2 atom stereocenters. The van der Waals surface area contributed by atoms with Crippen molar-refractivity contribution in [2.24, 2.45) is 0 Å². The van der Waals surface area contributed by atoms with Gasteiger partial charge in [-0.25, -0.2) is 0 Å². The van der Waals surface area contributed by atoms with Crippen molar-refractivity contribution in [2.45, 2.75) is 18.6 Å². The molecule has 0 aromatic rings. The summed E-state index contributed by atoms with van der Waals surface area (Å²) < 4.78 is 10.4. The van der Waals surface area contributed by atoms with E-state index in [0.717, 1.165) is 6.42 Å². The number of nitrogens with one attached hydrogen (secondary N) is 1. The van der Waals surface area contributed by atoms with Gasteiger partial charge in [-0.1, -0.05) is 0 Å². The quantitative estimate of drug-likeness (QED) is 0.629. The number of hydrogen-bond acceptors (Lipinski definition) is 4. The molecule has 1 fully saturated rings. The van der Waals surface area contributed by atoms with Crippen LogP contribution in [0.25, 0.3) is 0 Å². The standard InChI is InChI=1S/C8H15NO3S/c1-11-7-4-12-3-2-6(7)9-8(10)5-13/h6-7,13H,2-5H2,1H3,(H,9,10). The van der Waals surface area contributed by atoms with Gasteiger partial charge in [0, 0.05) is 13.7 Å². The molecular weight excluding hydrogens is 190 g/mol. The fourth-order valence-electron chi connectivity index (χ4n) is 1.36. The van der Waals surface area contributed by atoms with Crippen molar-refractivity contribution in [3.8, 4) is 0 Å². The Morgan fingerprint density at radius 3 is 3.15 bits per heavy atom. The van der Waals surface area contributed by atoms with Gasteiger partial charge in [0.25, 0.3) is 0 Å². The maximum atomic E-state index is 11.1. The van der Waals surface area contributed by atoms with Crippen LogP contribution in [0, 0.1) is 0 Å². The van der Waals surface area contributed by atoms with E-state index in [9.17, 15) is 4.79 Å². The average molecular weight is 205 g/mol. The van der Waals surface area contributed by atoms with E-state index in [2.05, 4.69) is 17.9 Å². The molecule has 2 unspecified atom stereocenters. The van der Waals surface area contributed by atoms with Crippen LogP contribution in [0.3, 0.4) is 0 Å². The Hall–Kier alpha value is -0.260. The molecule has 0 radical (unpaired) electrons. The van der Waals surface area contributed by atoms with Gasteiger partial charge < -0.3 is 14.8 Å². The lowest BCUT2D eigenvalue weighted by Crippen LogP contribution is -2.49. The van der Waals surface area contributed by atoms with Gasteiger partial charge in [0.1, 0.15) is 6.10 Å². The maximum absolute atomic E-state index is 11.1. The van der Waals surface area contributed by atoms with Crippen LogP contribution in [0.15, 0.2) is 0 Å². The third kappa shape index (κ3) is 3.17. The lowest BCUT2D eigenvalue weighted by molar-refractivity contribution is -0.122. The number of thiol groups is 1. The van der Waals surface area contributed by atoms with Crippen LogP contribution in [0.4, 0.5) is 0 Å². The Balaban J connectivity index is 2.40. The maximum Gasteiger partial charge on any atom is 0.230 e. The van der Waals surface area contributed by atoms with Crippen molar-refractivity contribution in [1.82, 2.24) is 5.32 Å². The molecule has 1 aliphatic rings. The topological polar surface area (TPSA) is 47.6 Å². The van der Waals surface area contributed by atoms with E-state index in [0.29, 0.717) is 13.2 Å². The summed E-state index contributed by atoms with van der Waals surface area (Å²) in [5, 5.41) is 2.85. The van der Waals surface area contributed by atoms with Crippen LogP contribution in [-0.4, -0.2) is 44.1 Å². The van der Waals surface area contributed by atoms with Gasteiger partial charge in [-0.05, 0) is 6.42 Å². The molecule has 0 aromatic heterocycles. The minimum Gasteiger partial charge on any atom is -0.379 e. The number of hydrogen-bond donors (Lipinski definition) is 2. The van der Waals surface area contributed by atoms with Crippen molar-refractivity contribution in [3.05, 3.63) is 0 Å². The SMILES string of the molecule is COC1COCCC1NC(=O)CS. The fourth-order valence-corrected chi connectivity index (χ4v) is 1.45. The molecule has 76 valence electrons. The smallest absolute Gasteiger partial charge is 0.230 e. The van der Waals surface area contributed by atoms with Crippen LogP contribution in [0.1, 0.15) is 6.42 Å². The molecule has 1 rings (SSSR count). The number of ether oxygens (including phenoxy) is 2. The molecule has 1 aliphatic heterocycles. The molecule has 5 heteroatoms. The summed E-state index contributed by atoms with van der Waals surface area (Å²) in [6, 6.07) is 0.0680. The zero-order valence-corrected chi connectivity index (χ0v) is 8.55. The average Bonchev–Trinajstić information content (AvgIpc) is 2.18. The molecule has 13 heavy (non-hydrogen) atoms. The first-order valence-corrected chi connectivity index (χ1v) is 4.92. The lowest BCUT2D eigenvalue weighted by Gasteiger charge is -2.30. The molecule has 4 nitrogen and oxygen atoms in total. The molecule has 1 amide bonds. The third-order valence-corrected chi connectivity index (χ3v) is 2.38. The fraction of sp³-hybridized carbons (Fsp3) is 0.875. The van der Waals surface area contributed by atoms with E-state index in [1.54, 1.807) is 7.11 Å².